The molecule has 1 N–H and O–H groups in total. The summed E-state index contributed by atoms with van der Waals surface area (Å²) < 4.78 is 0. The maximum atomic E-state index is 12.7. The Morgan fingerprint density at radius 3 is 2.52 bits per heavy atom. The van der Waals surface area contributed by atoms with E-state index in [0.717, 1.165) is 24.8 Å². The van der Waals surface area contributed by atoms with Crippen molar-refractivity contribution in [3.63, 3.8) is 0 Å². The summed E-state index contributed by atoms with van der Waals surface area (Å²) in [4.78, 5) is 14.6. The number of hydrogen-bond donors (Lipinski definition) is 1. The first-order valence-electron chi connectivity index (χ1n) is 8.58. The third-order valence-corrected chi connectivity index (χ3v) is 5.46. The lowest BCUT2D eigenvalue weighted by Crippen LogP contribution is -2.47. The average molecular weight is 312 g/mol. The lowest BCUT2D eigenvalue weighted by Gasteiger charge is -2.39. The van der Waals surface area contributed by atoms with Crippen LogP contribution in [0.3, 0.4) is 0 Å². The SMILES string of the molecule is N#CC1(c2ccccc2)CCN(C(=O)[C@H]2CCC[C@H](O)C2)CC1. The molecule has 122 valence electrons. The Labute approximate surface area is 137 Å². The second-order valence-electron chi connectivity index (χ2n) is 6.90. The van der Waals surface area contributed by atoms with E-state index in [1.165, 1.54) is 0 Å². The Hall–Kier alpha value is -1.86. The van der Waals surface area contributed by atoms with Crippen LogP contribution in [0.15, 0.2) is 30.3 Å². The first-order chi connectivity index (χ1) is 11.1. The van der Waals surface area contributed by atoms with Crippen LogP contribution in [-0.4, -0.2) is 35.1 Å². The molecule has 1 heterocycles. The lowest BCUT2D eigenvalue weighted by molar-refractivity contribution is -0.139. The number of carbonyl (C=O) groups excluding carboxylic acids is 1. The van der Waals surface area contributed by atoms with E-state index in [2.05, 4.69) is 6.07 Å². The van der Waals surface area contributed by atoms with Gasteiger partial charge in [0.1, 0.15) is 0 Å². The topological polar surface area (TPSA) is 64.3 Å². The van der Waals surface area contributed by atoms with Crippen LogP contribution in [0.1, 0.15) is 44.1 Å². The van der Waals surface area contributed by atoms with Gasteiger partial charge in [-0.3, -0.25) is 4.79 Å². The number of hydrogen-bond acceptors (Lipinski definition) is 3. The van der Waals surface area contributed by atoms with Crippen LogP contribution < -0.4 is 0 Å². The Morgan fingerprint density at radius 1 is 1.22 bits per heavy atom. The molecule has 4 heteroatoms. The number of nitrogens with zero attached hydrogens (tertiary/aromatic N) is 2. The van der Waals surface area contributed by atoms with Crippen molar-refractivity contribution in [3.05, 3.63) is 35.9 Å². The minimum Gasteiger partial charge on any atom is -0.393 e. The average Bonchev–Trinajstić information content (AvgIpc) is 2.62. The number of aliphatic hydroxyl groups is 1. The van der Waals surface area contributed by atoms with Gasteiger partial charge in [-0.2, -0.15) is 5.26 Å². The molecular weight excluding hydrogens is 288 g/mol. The molecule has 23 heavy (non-hydrogen) atoms. The molecule has 4 nitrogen and oxygen atoms in total. The summed E-state index contributed by atoms with van der Waals surface area (Å²) in [6.45, 7) is 1.27. The molecule has 2 fully saturated rings. The lowest BCUT2D eigenvalue weighted by atomic mass is 9.73. The third kappa shape index (κ3) is 3.25. The zero-order chi connectivity index (χ0) is 16.3. The Kier molecular flexibility index (Phi) is 4.68. The normalized spacial score (nSPS) is 27.2. The van der Waals surface area contributed by atoms with E-state index in [9.17, 15) is 15.2 Å². The number of amides is 1. The second-order valence-corrected chi connectivity index (χ2v) is 6.90. The molecule has 2 aliphatic rings. The van der Waals surface area contributed by atoms with E-state index in [1.54, 1.807) is 0 Å². The fraction of sp³-hybridized carbons (Fsp3) is 0.579. The summed E-state index contributed by atoms with van der Waals surface area (Å²) in [5.74, 6) is 0.133. The standard InChI is InChI=1S/C19H24N2O2/c20-14-19(16-6-2-1-3-7-16)9-11-21(12-10-19)18(23)15-5-4-8-17(22)13-15/h1-3,6-7,15,17,22H,4-5,8-13H2/t15-,17-/m0/s1. The van der Waals surface area contributed by atoms with Gasteiger partial charge in [-0.15, -0.1) is 0 Å². The molecule has 0 bridgehead atoms. The number of likely N-dealkylation sites (tertiary alicyclic amines) is 1. The summed E-state index contributed by atoms with van der Waals surface area (Å²) in [6, 6.07) is 12.4. The molecule has 1 aliphatic carbocycles. The zero-order valence-corrected chi connectivity index (χ0v) is 13.4. The highest BCUT2D eigenvalue weighted by atomic mass is 16.3. The maximum Gasteiger partial charge on any atom is 0.225 e. The Balaban J connectivity index is 1.66. The first-order valence-corrected chi connectivity index (χ1v) is 8.58. The van der Waals surface area contributed by atoms with E-state index in [-0.39, 0.29) is 17.9 Å². The molecule has 0 unspecified atom stereocenters. The molecular formula is C19H24N2O2. The summed E-state index contributed by atoms with van der Waals surface area (Å²) in [7, 11) is 0. The largest absolute Gasteiger partial charge is 0.393 e. The van der Waals surface area contributed by atoms with Crippen LogP contribution in [0.5, 0.6) is 0 Å². The minimum atomic E-state index is -0.468. The van der Waals surface area contributed by atoms with Gasteiger partial charge in [0.2, 0.25) is 5.91 Å². The van der Waals surface area contributed by atoms with Crippen LogP contribution in [-0.2, 0) is 10.2 Å². The predicted octanol–water partition coefficient (Wildman–Crippen LogP) is 2.62. The van der Waals surface area contributed by atoms with Crippen molar-refractivity contribution < 1.29 is 9.90 Å². The molecule has 3 rings (SSSR count). The molecule has 1 aliphatic heterocycles. The number of nitriles is 1. The van der Waals surface area contributed by atoms with Gasteiger partial charge in [-0.1, -0.05) is 36.8 Å². The van der Waals surface area contributed by atoms with Crippen molar-refractivity contribution in [2.45, 2.75) is 50.0 Å². The predicted molar refractivity (Wildman–Crippen MR) is 87.5 cm³/mol. The van der Waals surface area contributed by atoms with Crippen molar-refractivity contribution in [2.24, 2.45) is 5.92 Å². The molecule has 0 spiro atoms. The number of benzene rings is 1. The number of piperidine rings is 1. The molecule has 0 aromatic heterocycles. The summed E-state index contributed by atoms with van der Waals surface area (Å²) in [5.41, 5.74) is 0.590. The van der Waals surface area contributed by atoms with E-state index in [4.69, 9.17) is 0 Å². The van der Waals surface area contributed by atoms with Gasteiger partial charge in [0, 0.05) is 19.0 Å². The highest BCUT2D eigenvalue weighted by molar-refractivity contribution is 5.79. The summed E-state index contributed by atoms with van der Waals surface area (Å²) in [6.07, 6.45) is 4.27. The Morgan fingerprint density at radius 2 is 1.91 bits per heavy atom. The highest BCUT2D eigenvalue weighted by Crippen LogP contribution is 2.36. The van der Waals surface area contributed by atoms with Crippen molar-refractivity contribution in [1.82, 2.24) is 4.90 Å². The molecule has 1 aromatic rings. The highest BCUT2D eigenvalue weighted by Gasteiger charge is 2.39. The fourth-order valence-corrected chi connectivity index (χ4v) is 3.98. The van der Waals surface area contributed by atoms with Gasteiger partial charge in [-0.05, 0) is 37.7 Å². The quantitative estimate of drug-likeness (QED) is 0.913. The molecule has 2 atom stereocenters. The third-order valence-electron chi connectivity index (χ3n) is 5.46. The first kappa shape index (κ1) is 16.0. The van der Waals surface area contributed by atoms with Crippen molar-refractivity contribution in [2.75, 3.05) is 13.1 Å². The van der Waals surface area contributed by atoms with Gasteiger partial charge < -0.3 is 10.0 Å². The summed E-state index contributed by atoms with van der Waals surface area (Å²) in [5, 5.41) is 19.5. The van der Waals surface area contributed by atoms with Gasteiger partial charge in [-0.25, -0.2) is 0 Å². The van der Waals surface area contributed by atoms with Gasteiger partial charge in [0.15, 0.2) is 0 Å². The number of carbonyl (C=O) groups is 1. The van der Waals surface area contributed by atoms with E-state index >= 15 is 0 Å². The van der Waals surface area contributed by atoms with Crippen molar-refractivity contribution in [3.8, 4) is 6.07 Å². The van der Waals surface area contributed by atoms with Gasteiger partial charge >= 0.3 is 0 Å². The molecule has 1 saturated carbocycles. The van der Waals surface area contributed by atoms with Crippen LogP contribution in [0.4, 0.5) is 0 Å². The van der Waals surface area contributed by atoms with Gasteiger partial charge in [0.25, 0.3) is 0 Å². The fourth-order valence-electron chi connectivity index (χ4n) is 3.98. The molecule has 1 saturated heterocycles. The van der Waals surface area contributed by atoms with Crippen molar-refractivity contribution in [1.29, 1.82) is 5.26 Å². The molecule has 1 amide bonds. The molecule has 0 radical (unpaired) electrons. The summed E-state index contributed by atoms with van der Waals surface area (Å²) >= 11 is 0. The van der Waals surface area contributed by atoms with Crippen LogP contribution in [0.2, 0.25) is 0 Å². The zero-order valence-electron chi connectivity index (χ0n) is 13.4. The maximum absolute atomic E-state index is 12.7. The molecule has 1 aromatic carbocycles. The van der Waals surface area contributed by atoms with Crippen LogP contribution in [0.25, 0.3) is 0 Å². The van der Waals surface area contributed by atoms with Crippen LogP contribution in [0, 0.1) is 17.2 Å². The van der Waals surface area contributed by atoms with Gasteiger partial charge in [0.05, 0.1) is 17.6 Å². The van der Waals surface area contributed by atoms with E-state index in [1.807, 2.05) is 35.2 Å². The van der Waals surface area contributed by atoms with E-state index < -0.39 is 5.41 Å². The second kappa shape index (κ2) is 6.72. The number of aliphatic hydroxyl groups excluding tert-OH is 1. The van der Waals surface area contributed by atoms with E-state index in [0.29, 0.717) is 32.4 Å². The monoisotopic (exact) mass is 312 g/mol. The van der Waals surface area contributed by atoms with Crippen LogP contribution >= 0.6 is 0 Å². The number of rotatable bonds is 2. The minimum absolute atomic E-state index is 0.0370. The smallest absolute Gasteiger partial charge is 0.225 e. The van der Waals surface area contributed by atoms with Crippen molar-refractivity contribution >= 4 is 5.91 Å². The Bertz CT molecular complexity index is 585.